The Morgan fingerprint density at radius 3 is 2.37 bits per heavy atom. The van der Waals surface area contributed by atoms with Crippen LogP contribution >= 0.6 is 12.2 Å². The van der Waals surface area contributed by atoms with E-state index in [2.05, 4.69) is 24.1 Å². The van der Waals surface area contributed by atoms with Gasteiger partial charge in [0.2, 0.25) is 5.91 Å². The number of hydrogen-bond donors (Lipinski definition) is 2. The summed E-state index contributed by atoms with van der Waals surface area (Å²) in [5.41, 5.74) is 7.07. The molecule has 0 aromatic heterocycles. The van der Waals surface area contributed by atoms with Crippen molar-refractivity contribution in [2.75, 3.05) is 18.4 Å². The summed E-state index contributed by atoms with van der Waals surface area (Å²) < 4.78 is 0. The van der Waals surface area contributed by atoms with Crippen molar-refractivity contribution in [3.8, 4) is 0 Å². The molecule has 5 heteroatoms. The molecule has 1 rings (SSSR count). The van der Waals surface area contributed by atoms with E-state index in [0.717, 1.165) is 17.8 Å². The number of amides is 1. The van der Waals surface area contributed by atoms with Crippen molar-refractivity contribution in [1.82, 2.24) is 4.90 Å². The first-order valence-corrected chi connectivity index (χ1v) is 6.78. The highest BCUT2D eigenvalue weighted by atomic mass is 32.1. The van der Waals surface area contributed by atoms with E-state index in [9.17, 15) is 4.79 Å². The van der Waals surface area contributed by atoms with E-state index in [1.54, 1.807) is 24.3 Å². The Morgan fingerprint density at radius 2 is 1.95 bits per heavy atom. The van der Waals surface area contributed by atoms with E-state index in [1.807, 2.05) is 6.92 Å². The molecule has 104 valence electrons. The standard InChI is InChI=1S/C14H21N3OS/c1-4-17(10(2)3)9-13(18)16-12-7-5-11(6-8-12)14(15)19/h5-8,10H,4,9H2,1-3H3,(H2,15,19)(H,16,18). The first-order valence-electron chi connectivity index (χ1n) is 6.37. The maximum Gasteiger partial charge on any atom is 0.238 e. The van der Waals surface area contributed by atoms with Gasteiger partial charge in [0.25, 0.3) is 0 Å². The number of thiocarbonyl (C=S) groups is 1. The summed E-state index contributed by atoms with van der Waals surface area (Å²) in [6.45, 7) is 7.45. The molecule has 0 aliphatic heterocycles. The molecule has 0 heterocycles. The number of rotatable bonds is 6. The summed E-state index contributed by atoms with van der Waals surface area (Å²) in [5.74, 6) is -0.0152. The fourth-order valence-corrected chi connectivity index (χ4v) is 1.90. The number of nitrogens with two attached hydrogens (primary N) is 1. The lowest BCUT2D eigenvalue weighted by Crippen LogP contribution is -2.37. The Labute approximate surface area is 120 Å². The first-order chi connectivity index (χ1) is 8.93. The van der Waals surface area contributed by atoms with Crippen LogP contribution in [0.5, 0.6) is 0 Å². The van der Waals surface area contributed by atoms with Crippen molar-refractivity contribution in [2.24, 2.45) is 5.73 Å². The number of nitrogens with zero attached hydrogens (tertiary/aromatic N) is 1. The second-order valence-corrected chi connectivity index (χ2v) is 5.09. The van der Waals surface area contributed by atoms with Gasteiger partial charge >= 0.3 is 0 Å². The molecular weight excluding hydrogens is 258 g/mol. The third kappa shape index (κ3) is 4.96. The van der Waals surface area contributed by atoms with Crippen molar-refractivity contribution in [2.45, 2.75) is 26.8 Å². The lowest BCUT2D eigenvalue weighted by Gasteiger charge is -2.23. The van der Waals surface area contributed by atoms with Gasteiger partial charge < -0.3 is 11.1 Å². The zero-order chi connectivity index (χ0) is 14.4. The molecule has 1 amide bonds. The molecule has 0 unspecified atom stereocenters. The number of carbonyl (C=O) groups is 1. The van der Waals surface area contributed by atoms with E-state index < -0.39 is 0 Å². The van der Waals surface area contributed by atoms with Gasteiger partial charge in [-0.15, -0.1) is 0 Å². The first kappa shape index (κ1) is 15.6. The van der Waals surface area contributed by atoms with Crippen LogP contribution in [0.1, 0.15) is 26.3 Å². The monoisotopic (exact) mass is 279 g/mol. The van der Waals surface area contributed by atoms with Gasteiger partial charge in [0.1, 0.15) is 4.99 Å². The smallest absolute Gasteiger partial charge is 0.238 e. The SMILES string of the molecule is CCN(CC(=O)Nc1ccc(C(N)=S)cc1)C(C)C. The van der Waals surface area contributed by atoms with Crippen molar-refractivity contribution in [1.29, 1.82) is 0 Å². The molecule has 4 nitrogen and oxygen atoms in total. The van der Waals surface area contributed by atoms with Gasteiger partial charge in [-0.2, -0.15) is 0 Å². The minimum Gasteiger partial charge on any atom is -0.389 e. The van der Waals surface area contributed by atoms with E-state index >= 15 is 0 Å². The van der Waals surface area contributed by atoms with E-state index in [-0.39, 0.29) is 5.91 Å². The Morgan fingerprint density at radius 1 is 1.37 bits per heavy atom. The number of carbonyl (C=O) groups excluding carboxylic acids is 1. The van der Waals surface area contributed by atoms with Crippen LogP contribution in [0, 0.1) is 0 Å². The molecule has 1 aromatic rings. The summed E-state index contributed by atoms with van der Waals surface area (Å²) in [4.78, 5) is 14.4. The molecule has 0 radical (unpaired) electrons. The molecule has 1 aromatic carbocycles. The van der Waals surface area contributed by atoms with E-state index in [1.165, 1.54) is 0 Å². The predicted molar refractivity (Wildman–Crippen MR) is 83.3 cm³/mol. The molecule has 0 fully saturated rings. The summed E-state index contributed by atoms with van der Waals surface area (Å²) in [7, 11) is 0. The van der Waals surface area contributed by atoms with Gasteiger partial charge in [0.15, 0.2) is 0 Å². The number of nitrogens with one attached hydrogen (secondary N) is 1. The normalized spacial score (nSPS) is 10.8. The number of benzene rings is 1. The maximum atomic E-state index is 11.9. The van der Waals surface area contributed by atoms with Crippen LogP contribution < -0.4 is 11.1 Å². The third-order valence-corrected chi connectivity index (χ3v) is 3.17. The van der Waals surface area contributed by atoms with Gasteiger partial charge in [-0.1, -0.05) is 19.1 Å². The second-order valence-electron chi connectivity index (χ2n) is 4.65. The van der Waals surface area contributed by atoms with Crippen molar-refractivity contribution in [3.05, 3.63) is 29.8 Å². The largest absolute Gasteiger partial charge is 0.389 e. The maximum absolute atomic E-state index is 11.9. The zero-order valence-electron chi connectivity index (χ0n) is 11.6. The van der Waals surface area contributed by atoms with Crippen LogP contribution in [0.2, 0.25) is 0 Å². The Bertz CT molecular complexity index is 443. The molecular formula is C14H21N3OS. The molecule has 0 spiro atoms. The van der Waals surface area contributed by atoms with Crippen LogP contribution in [0.25, 0.3) is 0 Å². The average molecular weight is 279 g/mol. The minimum absolute atomic E-state index is 0.0152. The molecule has 0 aliphatic carbocycles. The summed E-state index contributed by atoms with van der Waals surface area (Å²) in [6, 6.07) is 7.57. The number of hydrogen-bond acceptors (Lipinski definition) is 3. The summed E-state index contributed by atoms with van der Waals surface area (Å²) in [5, 5.41) is 2.86. The highest BCUT2D eigenvalue weighted by molar-refractivity contribution is 7.80. The van der Waals surface area contributed by atoms with Crippen LogP contribution in [0.15, 0.2) is 24.3 Å². The molecule has 0 bridgehead atoms. The lowest BCUT2D eigenvalue weighted by atomic mass is 10.2. The number of likely N-dealkylation sites (N-methyl/N-ethyl adjacent to an activating group) is 1. The highest BCUT2D eigenvalue weighted by Crippen LogP contribution is 2.09. The van der Waals surface area contributed by atoms with Crippen LogP contribution in [0.4, 0.5) is 5.69 Å². The Balaban J connectivity index is 2.59. The molecule has 0 saturated heterocycles. The van der Waals surface area contributed by atoms with Gasteiger partial charge in [-0.05, 0) is 44.7 Å². The van der Waals surface area contributed by atoms with Gasteiger partial charge in [-0.3, -0.25) is 9.69 Å². The molecule has 0 saturated carbocycles. The van der Waals surface area contributed by atoms with Crippen molar-refractivity contribution < 1.29 is 4.79 Å². The fourth-order valence-electron chi connectivity index (χ4n) is 1.76. The van der Waals surface area contributed by atoms with Gasteiger partial charge in [-0.25, -0.2) is 0 Å². The van der Waals surface area contributed by atoms with Crippen LogP contribution in [0.3, 0.4) is 0 Å². The third-order valence-electron chi connectivity index (χ3n) is 2.94. The lowest BCUT2D eigenvalue weighted by molar-refractivity contribution is -0.117. The molecule has 3 N–H and O–H groups in total. The highest BCUT2D eigenvalue weighted by Gasteiger charge is 2.12. The minimum atomic E-state index is -0.0152. The van der Waals surface area contributed by atoms with Crippen LogP contribution in [-0.4, -0.2) is 34.9 Å². The Hall–Kier alpha value is -1.46. The molecule has 0 aliphatic rings. The zero-order valence-corrected chi connectivity index (χ0v) is 12.5. The van der Waals surface area contributed by atoms with E-state index in [0.29, 0.717) is 17.6 Å². The second kappa shape index (κ2) is 7.21. The fraction of sp³-hybridized carbons (Fsp3) is 0.429. The average Bonchev–Trinajstić information content (AvgIpc) is 2.36. The van der Waals surface area contributed by atoms with E-state index in [4.69, 9.17) is 18.0 Å². The summed E-state index contributed by atoms with van der Waals surface area (Å²) >= 11 is 4.88. The number of anilines is 1. The summed E-state index contributed by atoms with van der Waals surface area (Å²) in [6.07, 6.45) is 0. The molecule has 19 heavy (non-hydrogen) atoms. The van der Waals surface area contributed by atoms with Crippen molar-refractivity contribution >= 4 is 28.8 Å². The van der Waals surface area contributed by atoms with Gasteiger partial charge in [0, 0.05) is 17.3 Å². The van der Waals surface area contributed by atoms with Crippen LogP contribution in [-0.2, 0) is 4.79 Å². The molecule has 0 atom stereocenters. The van der Waals surface area contributed by atoms with Gasteiger partial charge in [0.05, 0.1) is 6.54 Å². The topological polar surface area (TPSA) is 58.4 Å². The van der Waals surface area contributed by atoms with Crippen molar-refractivity contribution in [3.63, 3.8) is 0 Å². The predicted octanol–water partition coefficient (Wildman–Crippen LogP) is 1.99. The Kier molecular flexibility index (Phi) is 5.92. The quantitative estimate of drug-likeness (QED) is 0.782.